The minimum atomic E-state index is -0.303. The Bertz CT molecular complexity index is 373. The number of hydrogen-bond donors (Lipinski definition) is 2. The van der Waals surface area contributed by atoms with Crippen LogP contribution in [0.3, 0.4) is 0 Å². The van der Waals surface area contributed by atoms with Crippen molar-refractivity contribution in [3.8, 4) is 5.88 Å². The fourth-order valence-electron chi connectivity index (χ4n) is 1.18. The number of nitrogens with two attached hydrogens (primary N) is 1. The minimum absolute atomic E-state index is 0.177. The van der Waals surface area contributed by atoms with Crippen LogP contribution in [0.15, 0.2) is 12.3 Å². The van der Waals surface area contributed by atoms with Crippen molar-refractivity contribution in [1.82, 2.24) is 9.78 Å². The number of carbonyl (C=O) groups is 1. The minimum Gasteiger partial charge on any atom is -0.406 e. The first-order valence-electron chi connectivity index (χ1n) is 5.24. The predicted octanol–water partition coefficient (Wildman–Crippen LogP) is 1.11. The second kappa shape index (κ2) is 5.89. The Morgan fingerprint density at radius 2 is 2.38 bits per heavy atom. The molecule has 0 saturated carbocycles. The quantitative estimate of drug-likeness (QED) is 0.339. The highest BCUT2D eigenvalue weighted by Gasteiger charge is 2.07. The van der Waals surface area contributed by atoms with E-state index in [1.54, 1.807) is 0 Å². The van der Waals surface area contributed by atoms with Crippen LogP contribution in [0.4, 0.5) is 0 Å². The molecule has 6 nitrogen and oxygen atoms in total. The third-order valence-electron chi connectivity index (χ3n) is 2.01. The molecule has 0 fully saturated rings. The highest BCUT2D eigenvalue weighted by molar-refractivity contribution is 5.76. The molecule has 1 heterocycles. The summed E-state index contributed by atoms with van der Waals surface area (Å²) in [6, 6.07) is 1.50. The first-order valence-corrected chi connectivity index (χ1v) is 5.24. The van der Waals surface area contributed by atoms with Gasteiger partial charge in [0, 0.05) is 18.7 Å². The number of ether oxygens (including phenoxy) is 1. The van der Waals surface area contributed by atoms with Crippen molar-refractivity contribution >= 4 is 11.9 Å². The molecule has 0 aromatic carbocycles. The molecule has 0 amide bonds. The molecule has 0 radical (unpaired) electrons. The molecule has 0 bridgehead atoms. The molecule has 6 heteroatoms. The Morgan fingerprint density at radius 1 is 1.62 bits per heavy atom. The van der Waals surface area contributed by atoms with Gasteiger partial charge in [-0.05, 0) is 6.42 Å². The van der Waals surface area contributed by atoms with Crippen molar-refractivity contribution in [2.75, 3.05) is 0 Å². The highest BCUT2D eigenvalue weighted by atomic mass is 16.5. The van der Waals surface area contributed by atoms with Gasteiger partial charge in [-0.2, -0.15) is 0 Å². The van der Waals surface area contributed by atoms with Crippen molar-refractivity contribution in [2.45, 2.75) is 32.6 Å². The number of esters is 1. The van der Waals surface area contributed by atoms with E-state index in [0.29, 0.717) is 6.42 Å². The van der Waals surface area contributed by atoms with Gasteiger partial charge in [-0.1, -0.05) is 19.8 Å². The summed E-state index contributed by atoms with van der Waals surface area (Å²) in [5.41, 5.74) is 5.20. The second-order valence-electron chi connectivity index (χ2n) is 3.41. The second-order valence-corrected chi connectivity index (χ2v) is 3.41. The number of rotatable bonds is 5. The summed E-state index contributed by atoms with van der Waals surface area (Å²) in [4.78, 5) is 11.3. The van der Waals surface area contributed by atoms with Gasteiger partial charge < -0.3 is 10.5 Å². The summed E-state index contributed by atoms with van der Waals surface area (Å²) in [7, 11) is 0. The molecule has 88 valence electrons. The Hall–Kier alpha value is -1.85. The van der Waals surface area contributed by atoms with Gasteiger partial charge in [0.2, 0.25) is 11.8 Å². The van der Waals surface area contributed by atoms with E-state index >= 15 is 0 Å². The molecular weight excluding hydrogens is 208 g/mol. The molecule has 1 aromatic heterocycles. The molecule has 0 saturated heterocycles. The van der Waals surface area contributed by atoms with Gasteiger partial charge in [0.15, 0.2) is 0 Å². The zero-order chi connectivity index (χ0) is 12.0. The maximum atomic E-state index is 11.3. The van der Waals surface area contributed by atoms with Gasteiger partial charge >= 0.3 is 5.97 Å². The Balaban J connectivity index is 2.40. The van der Waals surface area contributed by atoms with Crippen LogP contribution in [0.2, 0.25) is 0 Å². The van der Waals surface area contributed by atoms with Crippen LogP contribution in [-0.2, 0) is 4.79 Å². The highest BCUT2D eigenvalue weighted by Crippen LogP contribution is 2.08. The van der Waals surface area contributed by atoms with Crippen molar-refractivity contribution in [2.24, 2.45) is 5.73 Å². The molecule has 0 atom stereocenters. The summed E-state index contributed by atoms with van der Waals surface area (Å²) in [6.45, 7) is 2.07. The van der Waals surface area contributed by atoms with Gasteiger partial charge in [0.25, 0.3) is 0 Å². The fraction of sp³-hybridized carbons (Fsp3) is 0.500. The van der Waals surface area contributed by atoms with Gasteiger partial charge in [-0.15, -0.1) is 5.10 Å². The van der Waals surface area contributed by atoms with E-state index in [4.69, 9.17) is 15.9 Å². The third-order valence-corrected chi connectivity index (χ3v) is 2.01. The maximum Gasteiger partial charge on any atom is 0.312 e. The molecule has 3 N–H and O–H groups in total. The predicted molar refractivity (Wildman–Crippen MR) is 59.3 cm³/mol. The summed E-state index contributed by atoms with van der Waals surface area (Å²) >= 11 is 0. The van der Waals surface area contributed by atoms with Crippen molar-refractivity contribution in [1.29, 1.82) is 5.41 Å². The van der Waals surface area contributed by atoms with Crippen LogP contribution in [-0.4, -0.2) is 21.7 Å². The average molecular weight is 224 g/mol. The first-order chi connectivity index (χ1) is 7.63. The average Bonchev–Trinajstić information content (AvgIpc) is 2.66. The smallest absolute Gasteiger partial charge is 0.312 e. The van der Waals surface area contributed by atoms with E-state index < -0.39 is 0 Å². The normalized spacial score (nSPS) is 10.1. The van der Waals surface area contributed by atoms with Crippen LogP contribution >= 0.6 is 0 Å². The molecule has 1 rings (SSSR count). The lowest BCUT2D eigenvalue weighted by Crippen LogP contribution is -2.21. The SMILES string of the molecule is CCCCCC(=O)Oc1ccn(C(=N)N)n1. The number of nitrogens with one attached hydrogen (secondary N) is 1. The molecule has 0 spiro atoms. The molecular formula is C10H16N4O2. The Kier molecular flexibility index (Phi) is 4.50. The van der Waals surface area contributed by atoms with Crippen molar-refractivity contribution < 1.29 is 9.53 Å². The standard InChI is InChI=1S/C10H16N4O2/c1-2-3-4-5-9(15)16-8-6-7-14(13-8)10(11)12/h6-7H,2-5H2,1H3,(H3,11,12). The lowest BCUT2D eigenvalue weighted by molar-refractivity contribution is -0.134. The topological polar surface area (TPSA) is 94.0 Å². The number of unbranched alkanes of at least 4 members (excludes halogenated alkanes) is 2. The summed E-state index contributed by atoms with van der Waals surface area (Å²) < 4.78 is 6.10. The van der Waals surface area contributed by atoms with Crippen LogP contribution in [0.5, 0.6) is 5.88 Å². The Morgan fingerprint density at radius 3 is 2.94 bits per heavy atom. The summed E-state index contributed by atoms with van der Waals surface area (Å²) in [6.07, 6.45) is 4.75. The number of nitrogens with zero attached hydrogens (tertiary/aromatic N) is 2. The molecule has 0 aliphatic heterocycles. The largest absolute Gasteiger partial charge is 0.406 e. The van der Waals surface area contributed by atoms with Gasteiger partial charge in [0.1, 0.15) is 0 Å². The monoisotopic (exact) mass is 224 g/mol. The molecule has 16 heavy (non-hydrogen) atoms. The van der Waals surface area contributed by atoms with Crippen LogP contribution in [0.1, 0.15) is 32.6 Å². The summed E-state index contributed by atoms with van der Waals surface area (Å²) in [5.74, 6) is -0.341. The van der Waals surface area contributed by atoms with Crippen molar-refractivity contribution in [3.63, 3.8) is 0 Å². The zero-order valence-electron chi connectivity index (χ0n) is 9.27. The van der Waals surface area contributed by atoms with Gasteiger partial charge in [-0.25, -0.2) is 4.68 Å². The molecule has 0 unspecified atom stereocenters. The molecule has 0 aliphatic rings. The number of nitrogen functional groups attached to an aromatic ring is 1. The first kappa shape index (κ1) is 12.2. The van der Waals surface area contributed by atoms with E-state index in [-0.39, 0.29) is 17.8 Å². The zero-order valence-corrected chi connectivity index (χ0v) is 9.27. The van der Waals surface area contributed by atoms with E-state index in [9.17, 15) is 4.79 Å². The lowest BCUT2D eigenvalue weighted by atomic mass is 10.2. The Labute approximate surface area is 93.9 Å². The number of hydrogen-bond acceptors (Lipinski definition) is 4. The van der Waals surface area contributed by atoms with E-state index in [2.05, 4.69) is 12.0 Å². The van der Waals surface area contributed by atoms with Crippen LogP contribution in [0, 0.1) is 5.41 Å². The van der Waals surface area contributed by atoms with Crippen molar-refractivity contribution in [3.05, 3.63) is 12.3 Å². The lowest BCUT2D eigenvalue weighted by Gasteiger charge is -2.00. The fourth-order valence-corrected chi connectivity index (χ4v) is 1.18. The molecule has 0 aliphatic carbocycles. The molecule has 1 aromatic rings. The van der Waals surface area contributed by atoms with E-state index in [0.717, 1.165) is 23.9 Å². The number of carbonyl (C=O) groups excluding carboxylic acids is 1. The van der Waals surface area contributed by atoms with Gasteiger partial charge in [-0.3, -0.25) is 10.2 Å². The number of aromatic nitrogens is 2. The van der Waals surface area contributed by atoms with Crippen LogP contribution in [0.25, 0.3) is 0 Å². The maximum absolute atomic E-state index is 11.3. The van der Waals surface area contributed by atoms with E-state index in [1.165, 1.54) is 12.3 Å². The van der Waals surface area contributed by atoms with Crippen LogP contribution < -0.4 is 10.5 Å². The van der Waals surface area contributed by atoms with Gasteiger partial charge in [0.05, 0.1) is 0 Å². The van der Waals surface area contributed by atoms with E-state index in [1.807, 2.05) is 0 Å². The third kappa shape index (κ3) is 3.72. The summed E-state index contributed by atoms with van der Waals surface area (Å²) in [5, 5.41) is 10.9.